The summed E-state index contributed by atoms with van der Waals surface area (Å²) in [6.45, 7) is 3.40. The minimum atomic E-state index is -0.708. The molecular weight excluding hydrogens is 122 g/mol. The quantitative estimate of drug-likeness (QED) is 0.547. The van der Waals surface area contributed by atoms with Gasteiger partial charge >= 0.3 is 6.09 Å². The molecular formula is C5H9NO3. The molecule has 0 heterocycles. The molecule has 4 nitrogen and oxygen atoms in total. The summed E-state index contributed by atoms with van der Waals surface area (Å²) in [6, 6.07) is 0. The number of alkyl carbamates (subject to hydrolysis) is 1. The molecule has 0 bridgehead atoms. The Morgan fingerprint density at radius 2 is 2.22 bits per heavy atom. The molecule has 9 heavy (non-hydrogen) atoms. The smallest absolute Gasteiger partial charge is 0.413 e. The summed E-state index contributed by atoms with van der Waals surface area (Å²) < 4.78 is 4.51. The summed E-state index contributed by atoms with van der Waals surface area (Å²) in [6.07, 6.45) is -0.616. The van der Waals surface area contributed by atoms with Gasteiger partial charge in [-0.05, 0) is 13.8 Å². The molecule has 1 N–H and O–H groups in total. The lowest BCUT2D eigenvalue weighted by atomic mass is 10.5. The maximum atomic E-state index is 10.3. The standard InChI is InChI=1S/C5H9NO3/c1-4(2)9-5(8)6-3-7/h3-4H,1-2H3,(H,6,7,8). The van der Waals surface area contributed by atoms with E-state index < -0.39 is 6.09 Å². The third-order valence-corrected chi connectivity index (χ3v) is 0.520. The van der Waals surface area contributed by atoms with Gasteiger partial charge in [0.1, 0.15) is 0 Å². The van der Waals surface area contributed by atoms with Gasteiger partial charge in [-0.2, -0.15) is 0 Å². The molecule has 4 heteroatoms. The summed E-state index contributed by atoms with van der Waals surface area (Å²) in [5, 5.41) is 1.84. The van der Waals surface area contributed by atoms with Gasteiger partial charge < -0.3 is 4.74 Å². The highest BCUT2D eigenvalue weighted by molar-refractivity contribution is 5.79. The van der Waals surface area contributed by atoms with E-state index in [4.69, 9.17) is 0 Å². The zero-order valence-electron chi connectivity index (χ0n) is 5.38. The predicted molar refractivity (Wildman–Crippen MR) is 30.8 cm³/mol. The number of hydrogen-bond acceptors (Lipinski definition) is 3. The fourth-order valence-corrected chi connectivity index (χ4v) is 0.296. The molecule has 0 fully saturated rings. The molecule has 0 aromatic heterocycles. The van der Waals surface area contributed by atoms with Crippen LogP contribution in [0.4, 0.5) is 4.79 Å². The average molecular weight is 131 g/mol. The second-order valence-electron chi connectivity index (χ2n) is 1.72. The zero-order valence-corrected chi connectivity index (χ0v) is 5.38. The van der Waals surface area contributed by atoms with Crippen LogP contribution in [0.5, 0.6) is 0 Å². The Morgan fingerprint density at radius 1 is 1.67 bits per heavy atom. The first-order valence-corrected chi connectivity index (χ1v) is 2.57. The van der Waals surface area contributed by atoms with Gasteiger partial charge in [0.15, 0.2) is 0 Å². The van der Waals surface area contributed by atoms with E-state index in [9.17, 15) is 9.59 Å². The van der Waals surface area contributed by atoms with E-state index in [1.54, 1.807) is 13.8 Å². The number of imide groups is 1. The van der Waals surface area contributed by atoms with Gasteiger partial charge in [-0.15, -0.1) is 0 Å². The van der Waals surface area contributed by atoms with E-state index in [0.717, 1.165) is 0 Å². The highest BCUT2D eigenvalue weighted by Gasteiger charge is 2.00. The van der Waals surface area contributed by atoms with E-state index in [1.807, 2.05) is 5.32 Å². The summed E-state index contributed by atoms with van der Waals surface area (Å²) >= 11 is 0. The van der Waals surface area contributed by atoms with Gasteiger partial charge in [0.05, 0.1) is 6.10 Å². The van der Waals surface area contributed by atoms with Gasteiger partial charge in [-0.3, -0.25) is 10.1 Å². The van der Waals surface area contributed by atoms with Gasteiger partial charge in [-0.25, -0.2) is 4.79 Å². The molecule has 0 atom stereocenters. The molecule has 0 radical (unpaired) electrons. The molecule has 0 unspecified atom stereocenters. The van der Waals surface area contributed by atoms with Crippen LogP contribution in [0.25, 0.3) is 0 Å². The largest absolute Gasteiger partial charge is 0.447 e. The summed E-state index contributed by atoms with van der Waals surface area (Å²) in [7, 11) is 0. The topological polar surface area (TPSA) is 55.4 Å². The monoisotopic (exact) mass is 131 g/mol. The Hall–Kier alpha value is -1.06. The third-order valence-electron chi connectivity index (χ3n) is 0.520. The minimum absolute atomic E-state index is 0.190. The molecule has 0 rings (SSSR count). The summed E-state index contributed by atoms with van der Waals surface area (Å²) in [4.78, 5) is 19.9. The number of carbonyl (C=O) groups is 2. The first-order chi connectivity index (χ1) is 4.16. The van der Waals surface area contributed by atoms with E-state index in [1.165, 1.54) is 0 Å². The second kappa shape index (κ2) is 3.88. The Balaban J connectivity index is 3.38. The number of hydrogen-bond donors (Lipinski definition) is 1. The van der Waals surface area contributed by atoms with Crippen molar-refractivity contribution in [3.05, 3.63) is 0 Å². The Kier molecular flexibility index (Phi) is 3.43. The van der Waals surface area contributed by atoms with Crippen LogP contribution in [0.15, 0.2) is 0 Å². The number of carbonyl (C=O) groups excluding carboxylic acids is 2. The number of ether oxygens (including phenoxy) is 1. The van der Waals surface area contributed by atoms with Crippen molar-refractivity contribution >= 4 is 12.5 Å². The van der Waals surface area contributed by atoms with Crippen LogP contribution in [0, 0.1) is 0 Å². The molecule has 52 valence electrons. The van der Waals surface area contributed by atoms with Gasteiger partial charge in [-0.1, -0.05) is 0 Å². The van der Waals surface area contributed by atoms with Crippen LogP contribution in [0.3, 0.4) is 0 Å². The van der Waals surface area contributed by atoms with Crippen LogP contribution < -0.4 is 5.32 Å². The Morgan fingerprint density at radius 3 is 2.56 bits per heavy atom. The van der Waals surface area contributed by atoms with E-state index >= 15 is 0 Å². The maximum Gasteiger partial charge on any atom is 0.413 e. The average Bonchev–Trinajstić information content (AvgIpc) is 1.63. The predicted octanol–water partition coefficient (Wildman–Crippen LogP) is 0.277. The first-order valence-electron chi connectivity index (χ1n) is 2.57. The van der Waals surface area contributed by atoms with E-state index in [-0.39, 0.29) is 12.5 Å². The van der Waals surface area contributed by atoms with Crippen LogP contribution >= 0.6 is 0 Å². The van der Waals surface area contributed by atoms with Gasteiger partial charge in [0, 0.05) is 0 Å². The molecule has 0 aliphatic heterocycles. The van der Waals surface area contributed by atoms with E-state index in [2.05, 4.69) is 4.74 Å². The second-order valence-corrected chi connectivity index (χ2v) is 1.72. The maximum absolute atomic E-state index is 10.3. The molecule has 0 spiro atoms. The number of amides is 2. The normalized spacial score (nSPS) is 8.78. The molecule has 0 aromatic rings. The highest BCUT2D eigenvalue weighted by atomic mass is 16.6. The fourth-order valence-electron chi connectivity index (χ4n) is 0.296. The van der Waals surface area contributed by atoms with Gasteiger partial charge in [0.25, 0.3) is 0 Å². The first kappa shape index (κ1) is 7.94. The lowest BCUT2D eigenvalue weighted by Gasteiger charge is -2.04. The molecule has 0 saturated carbocycles. The van der Waals surface area contributed by atoms with E-state index in [0.29, 0.717) is 0 Å². The lowest BCUT2D eigenvalue weighted by molar-refractivity contribution is -0.109. The molecule has 0 aliphatic carbocycles. The minimum Gasteiger partial charge on any atom is -0.447 e. The van der Waals surface area contributed by atoms with Crippen molar-refractivity contribution in [2.45, 2.75) is 20.0 Å². The lowest BCUT2D eigenvalue weighted by Crippen LogP contribution is -2.25. The van der Waals surface area contributed by atoms with Crippen LogP contribution in [0.2, 0.25) is 0 Å². The Bertz CT molecular complexity index is 111. The molecule has 2 amide bonds. The zero-order chi connectivity index (χ0) is 7.28. The van der Waals surface area contributed by atoms with Crippen molar-refractivity contribution in [2.75, 3.05) is 0 Å². The van der Waals surface area contributed by atoms with Gasteiger partial charge in [0.2, 0.25) is 6.41 Å². The molecule has 0 aliphatic rings. The third kappa shape index (κ3) is 4.80. The van der Waals surface area contributed by atoms with Crippen LogP contribution in [-0.2, 0) is 9.53 Å². The number of rotatable bonds is 2. The fraction of sp³-hybridized carbons (Fsp3) is 0.600. The van der Waals surface area contributed by atoms with Crippen molar-refractivity contribution in [3.8, 4) is 0 Å². The van der Waals surface area contributed by atoms with Crippen molar-refractivity contribution < 1.29 is 14.3 Å². The molecule has 0 saturated heterocycles. The van der Waals surface area contributed by atoms with Crippen molar-refractivity contribution in [1.29, 1.82) is 0 Å². The Labute approximate surface area is 53.2 Å². The molecule has 0 aromatic carbocycles. The van der Waals surface area contributed by atoms with Crippen molar-refractivity contribution in [2.24, 2.45) is 0 Å². The summed E-state index contributed by atoms with van der Waals surface area (Å²) in [5.41, 5.74) is 0. The van der Waals surface area contributed by atoms with Crippen LogP contribution in [-0.4, -0.2) is 18.6 Å². The SMILES string of the molecule is CC(C)OC(=O)NC=O. The number of nitrogens with one attached hydrogen (secondary N) is 1. The van der Waals surface area contributed by atoms with Crippen molar-refractivity contribution in [3.63, 3.8) is 0 Å². The highest BCUT2D eigenvalue weighted by Crippen LogP contribution is 1.85. The van der Waals surface area contributed by atoms with Crippen LogP contribution in [0.1, 0.15) is 13.8 Å². The van der Waals surface area contributed by atoms with Crippen molar-refractivity contribution in [1.82, 2.24) is 5.32 Å². The summed E-state index contributed by atoms with van der Waals surface area (Å²) in [5.74, 6) is 0.